The van der Waals surface area contributed by atoms with Crippen LogP contribution in [0.5, 0.6) is 23.0 Å². The highest BCUT2D eigenvalue weighted by Crippen LogP contribution is 2.47. The number of aromatic nitrogens is 2. The Bertz CT molecular complexity index is 2440. The second-order valence-corrected chi connectivity index (χ2v) is 18.9. The molecule has 4 N–H and O–H groups in total. The standard InChI is InChI=1S/C27H37NO6.C24H32N2O6/c1-6-7-8-10-33-11-9-12-34-24-13-18-14-25(27(2,3)4)28-17-20(26(30)31)22(29)16-21(28)19(18)15-23(24)32-5;1-24(2,3)22-11-15-10-21(32-8-5-7-31-9-6-25)20(30-4)12-16(15)18-13-19(27)17(23(28)29)14-26(18)22/h13,15-17,25H,6-12,14H2,1-5H3,(H,30,31);10,12-14,22H,5-9,11,25H2,1-4H3,(H,28,29). The molecule has 2 atom stereocenters. The number of carbonyl (C=O) groups is 2. The lowest BCUT2D eigenvalue weighted by atomic mass is 9.78. The third kappa shape index (κ3) is 12.4. The Morgan fingerprint density at radius 1 is 0.606 bits per heavy atom. The fraction of sp³-hybridized carbons (Fsp3) is 0.529. The molecule has 2 unspecified atom stereocenters. The number of fused-ring (bicyclic) bond motifs is 6. The number of hydrogen-bond acceptors (Lipinski definition) is 11. The number of pyridine rings is 2. The van der Waals surface area contributed by atoms with Crippen molar-refractivity contribution in [1.82, 2.24) is 9.13 Å². The van der Waals surface area contributed by atoms with Gasteiger partial charge in [0.1, 0.15) is 11.1 Å². The average molecular weight is 916 g/mol. The molecule has 0 bridgehead atoms. The van der Waals surface area contributed by atoms with Crippen LogP contribution in [0, 0.1) is 10.8 Å². The second kappa shape index (κ2) is 22.7. The summed E-state index contributed by atoms with van der Waals surface area (Å²) in [7, 11) is 3.16. The van der Waals surface area contributed by atoms with E-state index in [9.17, 15) is 29.4 Å². The zero-order chi connectivity index (χ0) is 48.3. The zero-order valence-electron chi connectivity index (χ0n) is 40.1. The Morgan fingerprint density at radius 2 is 1.02 bits per heavy atom. The largest absolute Gasteiger partial charge is 0.493 e. The predicted octanol–water partition coefficient (Wildman–Crippen LogP) is 8.45. The number of ether oxygens (including phenoxy) is 6. The van der Waals surface area contributed by atoms with Crippen molar-refractivity contribution in [3.63, 3.8) is 0 Å². The summed E-state index contributed by atoms with van der Waals surface area (Å²) in [5.41, 5.74) is 8.79. The lowest BCUT2D eigenvalue weighted by Gasteiger charge is -2.39. The Kier molecular flexibility index (Phi) is 17.7. The second-order valence-electron chi connectivity index (χ2n) is 18.9. The number of benzene rings is 2. The smallest absolute Gasteiger partial charge is 0.341 e. The molecule has 0 saturated carbocycles. The van der Waals surface area contributed by atoms with Crippen LogP contribution in [0.2, 0.25) is 0 Å². The van der Waals surface area contributed by atoms with Crippen molar-refractivity contribution in [3.8, 4) is 45.5 Å². The number of hydrogen-bond donors (Lipinski definition) is 3. The number of unbranched alkanes of at least 4 members (excludes halogenated alkanes) is 2. The number of methoxy groups -OCH3 is 2. The Labute approximate surface area is 387 Å². The maximum Gasteiger partial charge on any atom is 0.341 e. The van der Waals surface area contributed by atoms with E-state index >= 15 is 0 Å². The van der Waals surface area contributed by atoms with Crippen molar-refractivity contribution < 1.29 is 48.2 Å². The topological polar surface area (TPSA) is 200 Å². The highest BCUT2D eigenvalue weighted by atomic mass is 16.5. The first-order valence-corrected chi connectivity index (χ1v) is 22.9. The molecule has 2 aliphatic rings. The highest BCUT2D eigenvalue weighted by molar-refractivity contribution is 5.88. The molecule has 0 spiro atoms. The first-order chi connectivity index (χ1) is 31.3. The summed E-state index contributed by atoms with van der Waals surface area (Å²) in [6.45, 7) is 18.9. The molecule has 2 aromatic heterocycles. The highest BCUT2D eigenvalue weighted by Gasteiger charge is 2.36. The van der Waals surface area contributed by atoms with Crippen molar-refractivity contribution in [2.24, 2.45) is 16.6 Å². The molecule has 6 rings (SSSR count). The monoisotopic (exact) mass is 915 g/mol. The molecule has 4 aromatic rings. The molecule has 15 heteroatoms. The first-order valence-electron chi connectivity index (χ1n) is 22.9. The van der Waals surface area contributed by atoms with Crippen molar-refractivity contribution in [2.45, 2.75) is 105 Å². The van der Waals surface area contributed by atoms with E-state index in [-0.39, 0.29) is 34.0 Å². The minimum Gasteiger partial charge on any atom is -0.493 e. The summed E-state index contributed by atoms with van der Waals surface area (Å²) in [4.78, 5) is 48.2. The third-order valence-electron chi connectivity index (χ3n) is 12.0. The Hall–Kier alpha value is -5.64. The maximum absolute atomic E-state index is 12.5. The summed E-state index contributed by atoms with van der Waals surface area (Å²) < 4.78 is 38.1. The van der Waals surface area contributed by atoms with E-state index < -0.39 is 22.8 Å². The quantitative estimate of drug-likeness (QED) is 0.0714. The lowest BCUT2D eigenvalue weighted by molar-refractivity contribution is 0.0683. The summed E-state index contributed by atoms with van der Waals surface area (Å²) in [5.74, 6) is 0.00349. The number of rotatable bonds is 20. The molecule has 4 heterocycles. The Balaban J connectivity index is 0.000000248. The van der Waals surface area contributed by atoms with Gasteiger partial charge in [-0.15, -0.1) is 0 Å². The average Bonchev–Trinajstić information content (AvgIpc) is 3.26. The first kappa shape index (κ1) is 51.3. The van der Waals surface area contributed by atoms with Gasteiger partial charge in [0, 0.05) is 86.9 Å². The van der Waals surface area contributed by atoms with E-state index in [2.05, 4.69) is 48.5 Å². The van der Waals surface area contributed by atoms with Crippen molar-refractivity contribution >= 4 is 11.9 Å². The van der Waals surface area contributed by atoms with Gasteiger partial charge in [-0.1, -0.05) is 61.3 Å². The maximum atomic E-state index is 12.5. The number of carboxylic acids is 2. The van der Waals surface area contributed by atoms with Gasteiger partial charge < -0.3 is 53.5 Å². The molecule has 0 amide bonds. The summed E-state index contributed by atoms with van der Waals surface area (Å²) in [6, 6.07) is 10.5. The molecule has 66 heavy (non-hydrogen) atoms. The van der Waals surface area contributed by atoms with Crippen LogP contribution in [0.3, 0.4) is 0 Å². The minimum absolute atomic E-state index is 0.0218. The minimum atomic E-state index is -1.22. The third-order valence-corrected chi connectivity index (χ3v) is 12.0. The molecule has 0 fully saturated rings. The van der Waals surface area contributed by atoms with E-state index in [1.807, 2.05) is 33.4 Å². The van der Waals surface area contributed by atoms with Crippen molar-refractivity contribution in [1.29, 1.82) is 0 Å². The molecule has 2 aromatic carbocycles. The fourth-order valence-electron chi connectivity index (χ4n) is 8.42. The Morgan fingerprint density at radius 3 is 1.38 bits per heavy atom. The SMILES string of the molecule is CCCCCOCCCOc1cc2c(cc1OC)-c1cc(=O)c(C(=O)O)cn1C(C(C)(C)C)C2.COc1cc2c(cc1OCCCOCCN)CC(C(C)(C)C)n1cc(C(=O)O)c(=O)cc1-2. The van der Waals surface area contributed by atoms with Crippen LogP contribution >= 0.6 is 0 Å². The molecular formula is C51H69N3O12. The van der Waals surface area contributed by atoms with E-state index in [1.54, 1.807) is 14.2 Å². The molecule has 2 aliphatic heterocycles. The van der Waals surface area contributed by atoms with Gasteiger partial charge in [-0.3, -0.25) is 9.59 Å². The van der Waals surface area contributed by atoms with Gasteiger partial charge in [0.15, 0.2) is 33.9 Å². The molecular weight excluding hydrogens is 847 g/mol. The number of carboxylic acid groups (broad SMARTS) is 2. The summed E-state index contributed by atoms with van der Waals surface area (Å²) >= 11 is 0. The van der Waals surface area contributed by atoms with Gasteiger partial charge in [-0.2, -0.15) is 0 Å². The van der Waals surface area contributed by atoms with Crippen LogP contribution in [-0.2, 0) is 22.3 Å². The van der Waals surface area contributed by atoms with Crippen molar-refractivity contribution in [3.05, 3.63) is 91.5 Å². The van der Waals surface area contributed by atoms with Gasteiger partial charge >= 0.3 is 11.9 Å². The van der Waals surface area contributed by atoms with Crippen LogP contribution in [0.15, 0.2) is 58.4 Å². The predicted molar refractivity (Wildman–Crippen MR) is 254 cm³/mol. The number of aromatic carboxylic acids is 2. The van der Waals surface area contributed by atoms with E-state index in [1.165, 1.54) is 37.4 Å². The lowest BCUT2D eigenvalue weighted by Crippen LogP contribution is -2.32. The number of nitrogens with zero attached hydrogens (tertiary/aromatic N) is 2. The molecule has 0 saturated heterocycles. The van der Waals surface area contributed by atoms with Gasteiger partial charge in [0.25, 0.3) is 0 Å². The van der Waals surface area contributed by atoms with Crippen LogP contribution in [-0.4, -0.2) is 91.7 Å². The molecule has 0 radical (unpaired) electrons. The van der Waals surface area contributed by atoms with Crippen LogP contribution in [0.25, 0.3) is 22.5 Å². The van der Waals surface area contributed by atoms with E-state index in [0.717, 1.165) is 48.1 Å². The van der Waals surface area contributed by atoms with Crippen LogP contribution in [0.1, 0.15) is 124 Å². The van der Waals surface area contributed by atoms with Gasteiger partial charge in [0.2, 0.25) is 0 Å². The van der Waals surface area contributed by atoms with Gasteiger partial charge in [-0.25, -0.2) is 9.59 Å². The normalized spacial score (nSPS) is 15.0. The van der Waals surface area contributed by atoms with Crippen LogP contribution < -0.4 is 35.5 Å². The molecule has 15 nitrogen and oxygen atoms in total. The van der Waals surface area contributed by atoms with Crippen LogP contribution in [0.4, 0.5) is 0 Å². The van der Waals surface area contributed by atoms with Gasteiger partial charge in [-0.05, 0) is 65.5 Å². The van der Waals surface area contributed by atoms with Crippen molar-refractivity contribution in [2.75, 3.05) is 60.4 Å². The molecule has 0 aliphatic carbocycles. The van der Waals surface area contributed by atoms with E-state index in [0.29, 0.717) is 86.8 Å². The van der Waals surface area contributed by atoms with E-state index in [4.69, 9.17) is 34.2 Å². The summed E-state index contributed by atoms with van der Waals surface area (Å²) in [6.07, 6.45) is 9.28. The summed E-state index contributed by atoms with van der Waals surface area (Å²) in [5, 5.41) is 18.9. The van der Waals surface area contributed by atoms with Gasteiger partial charge in [0.05, 0.1) is 45.4 Å². The zero-order valence-corrected chi connectivity index (χ0v) is 40.1. The number of nitrogens with two attached hydrogens (primary N) is 1. The molecule has 360 valence electrons. The fourth-order valence-corrected chi connectivity index (χ4v) is 8.42.